The number of imidazole rings is 1. The first-order valence-electron chi connectivity index (χ1n) is 23.3. The number of methoxy groups -OCH3 is 1. The summed E-state index contributed by atoms with van der Waals surface area (Å²) in [5, 5.41) is 13.9. The molecule has 4 aromatic rings. The molecular formula is C48H57ClF2N10O5. The van der Waals surface area contributed by atoms with Crippen molar-refractivity contribution in [3.63, 3.8) is 0 Å². The normalized spacial score (nSPS) is 24.0. The van der Waals surface area contributed by atoms with E-state index in [0.29, 0.717) is 96.9 Å². The number of carbonyl (C=O) groups is 4. The van der Waals surface area contributed by atoms with Gasteiger partial charge in [0, 0.05) is 76.5 Å². The van der Waals surface area contributed by atoms with Crippen LogP contribution in [0.3, 0.4) is 0 Å². The molecule has 2 aromatic carbocycles. The van der Waals surface area contributed by atoms with E-state index in [4.69, 9.17) is 21.4 Å². The summed E-state index contributed by atoms with van der Waals surface area (Å²) < 4.78 is 39.3. The van der Waals surface area contributed by atoms with Crippen LogP contribution in [-0.2, 0) is 22.4 Å². The number of aryl methyl sites for hydroxylation is 1. The van der Waals surface area contributed by atoms with Crippen molar-refractivity contribution >= 4 is 63.9 Å². The molecule has 0 radical (unpaired) electrons. The highest BCUT2D eigenvalue weighted by Crippen LogP contribution is 2.53. The van der Waals surface area contributed by atoms with E-state index in [1.807, 2.05) is 34.1 Å². The monoisotopic (exact) mass is 926 g/mol. The van der Waals surface area contributed by atoms with E-state index in [0.717, 1.165) is 61.0 Å². The van der Waals surface area contributed by atoms with Crippen molar-refractivity contribution in [3.05, 3.63) is 75.6 Å². The molecular weight excluding hydrogens is 870 g/mol. The van der Waals surface area contributed by atoms with Gasteiger partial charge < -0.3 is 25.2 Å². The second-order valence-electron chi connectivity index (χ2n) is 19.4. The third kappa shape index (κ3) is 8.14. The Balaban J connectivity index is 0.736. The van der Waals surface area contributed by atoms with E-state index < -0.39 is 17.9 Å². The Morgan fingerprint density at radius 3 is 2.48 bits per heavy atom. The first-order chi connectivity index (χ1) is 31.7. The molecule has 5 fully saturated rings. The molecule has 15 nitrogen and oxygen atoms in total. The van der Waals surface area contributed by atoms with Crippen LogP contribution in [0, 0.1) is 24.2 Å². The Hall–Kier alpha value is -5.39. The smallest absolute Gasteiger partial charge is 0.328 e. The molecule has 0 bridgehead atoms. The minimum Gasteiger partial charge on any atom is -0.385 e. The number of rotatable bonds is 11. The van der Waals surface area contributed by atoms with Crippen LogP contribution in [-0.4, -0.2) is 126 Å². The standard InChI is InChI=1S/C48H57ClF2N10O5/c1-28-19-31(21-37(42(28)49)60-16-11-41(62)55-46(60)65)45(64)58-17-12-47(13-18-58)23-29(24-47)26-57-14-9-32(48(50,51)27-57)20-30-5-4-6-36-33(30)10-15-59(36)40-22-35(52-2)43-53-25-38(61(43)56-40)44(63)54-34-7-8-39(34)66-3/h4-6,19,21-22,25,29,32,34,39,52H,7-18,20,23-24,26-27H2,1-3H3,(H,54,63)(H,55,62,65)/t32?,34-,39-/m1/s1. The number of nitrogens with one attached hydrogen (secondary N) is 3. The number of hydrogen-bond acceptors (Lipinski definition) is 10. The fourth-order valence-electron chi connectivity index (χ4n) is 11.5. The van der Waals surface area contributed by atoms with Gasteiger partial charge in [-0.3, -0.25) is 29.5 Å². The number of halogens is 3. The van der Waals surface area contributed by atoms with Crippen molar-refractivity contribution in [1.29, 1.82) is 0 Å². The summed E-state index contributed by atoms with van der Waals surface area (Å²) in [7, 11) is 3.46. The molecule has 3 atom stereocenters. The van der Waals surface area contributed by atoms with Gasteiger partial charge in [0.1, 0.15) is 0 Å². The SMILES string of the molecule is CNc1cc(N2CCc3c(CC4CCN(CC5CC6(CCN(C(=O)c7cc(C)c(Cl)c(N8CCC(=O)NC8=O)c7)CC6)C5)CC4(F)F)cccc32)nn2c(C(=O)N[C@@H]3CC[C@H]3OC)cnc12. The summed E-state index contributed by atoms with van der Waals surface area (Å²) in [6.07, 6.45) is 8.52. The number of carbonyl (C=O) groups excluding carboxylic acids is 4. The number of urea groups is 1. The van der Waals surface area contributed by atoms with Gasteiger partial charge in [-0.05, 0) is 117 Å². The zero-order chi connectivity index (χ0) is 46.1. The van der Waals surface area contributed by atoms with Crippen molar-refractivity contribution in [1.82, 2.24) is 35.0 Å². The molecule has 2 aromatic heterocycles. The number of benzene rings is 2. The summed E-state index contributed by atoms with van der Waals surface area (Å²) in [6, 6.07) is 10.7. The highest BCUT2D eigenvalue weighted by atomic mass is 35.5. The molecule has 2 saturated carbocycles. The number of piperidine rings is 2. The van der Waals surface area contributed by atoms with E-state index in [-0.39, 0.29) is 54.8 Å². The van der Waals surface area contributed by atoms with Gasteiger partial charge in [0.2, 0.25) is 5.91 Å². The number of ether oxygens (including phenoxy) is 1. The number of nitrogens with zero attached hydrogens (tertiary/aromatic N) is 7. The predicted molar refractivity (Wildman–Crippen MR) is 246 cm³/mol. The Bertz CT molecular complexity index is 2590. The van der Waals surface area contributed by atoms with Crippen LogP contribution in [0.2, 0.25) is 5.02 Å². The number of aromatic nitrogens is 3. The van der Waals surface area contributed by atoms with Crippen LogP contribution in [0.4, 0.5) is 36.5 Å². The first kappa shape index (κ1) is 44.4. The molecule has 3 N–H and O–H groups in total. The van der Waals surface area contributed by atoms with Crippen LogP contribution in [0.1, 0.15) is 88.9 Å². The lowest BCUT2D eigenvalue weighted by Crippen LogP contribution is -2.54. The molecule has 18 heteroatoms. The zero-order valence-corrected chi connectivity index (χ0v) is 38.4. The molecule has 2 aliphatic carbocycles. The molecule has 1 unspecified atom stereocenters. The molecule has 3 saturated heterocycles. The van der Waals surface area contributed by atoms with Crippen molar-refractivity contribution in [3.8, 4) is 0 Å². The molecule has 10 rings (SSSR count). The summed E-state index contributed by atoms with van der Waals surface area (Å²) in [5.74, 6) is -3.35. The van der Waals surface area contributed by atoms with E-state index in [1.165, 1.54) is 11.1 Å². The van der Waals surface area contributed by atoms with E-state index in [9.17, 15) is 19.2 Å². The van der Waals surface area contributed by atoms with Gasteiger partial charge in [0.25, 0.3) is 17.7 Å². The average molecular weight is 927 g/mol. The maximum absolute atomic E-state index is 16.1. The molecule has 6 aliphatic rings. The highest BCUT2D eigenvalue weighted by molar-refractivity contribution is 6.35. The maximum atomic E-state index is 16.1. The third-order valence-corrected chi connectivity index (χ3v) is 15.9. The number of hydrogen-bond donors (Lipinski definition) is 3. The molecule has 350 valence electrons. The second-order valence-corrected chi connectivity index (χ2v) is 19.8. The topological polar surface area (TPSA) is 157 Å². The quantitative estimate of drug-likeness (QED) is 0.150. The molecule has 5 amide bonds. The number of alkyl halides is 2. The lowest BCUT2D eigenvalue weighted by atomic mass is 9.57. The largest absolute Gasteiger partial charge is 0.385 e. The Morgan fingerprint density at radius 1 is 0.985 bits per heavy atom. The predicted octanol–water partition coefficient (Wildman–Crippen LogP) is 6.61. The molecule has 4 aliphatic heterocycles. The number of fused-ring (bicyclic) bond motifs is 2. The third-order valence-electron chi connectivity index (χ3n) is 15.4. The molecule has 66 heavy (non-hydrogen) atoms. The fraction of sp³-hybridized carbons (Fsp3) is 0.542. The Morgan fingerprint density at radius 2 is 1.77 bits per heavy atom. The maximum Gasteiger partial charge on any atom is 0.328 e. The van der Waals surface area contributed by atoms with Crippen molar-refractivity contribution in [2.45, 2.75) is 89.2 Å². The summed E-state index contributed by atoms with van der Waals surface area (Å²) in [5.41, 5.74) is 6.20. The van der Waals surface area contributed by atoms with Crippen molar-refractivity contribution in [2.24, 2.45) is 17.3 Å². The average Bonchev–Trinajstić information content (AvgIpc) is 3.92. The van der Waals surface area contributed by atoms with Crippen LogP contribution in [0.15, 0.2) is 42.6 Å². The lowest BCUT2D eigenvalue weighted by Gasteiger charge is -2.54. The van der Waals surface area contributed by atoms with Gasteiger partial charge in [0.05, 0.1) is 41.3 Å². The molecule has 6 heterocycles. The van der Waals surface area contributed by atoms with Crippen LogP contribution < -0.4 is 25.8 Å². The highest BCUT2D eigenvalue weighted by Gasteiger charge is 2.50. The van der Waals surface area contributed by atoms with Crippen LogP contribution in [0.25, 0.3) is 5.65 Å². The lowest BCUT2D eigenvalue weighted by molar-refractivity contribution is -0.120. The first-order valence-corrected chi connectivity index (χ1v) is 23.7. The number of likely N-dealkylation sites (tertiary alicyclic amines) is 2. The minimum atomic E-state index is -2.84. The van der Waals surface area contributed by atoms with Gasteiger partial charge in [-0.2, -0.15) is 0 Å². The van der Waals surface area contributed by atoms with Gasteiger partial charge >= 0.3 is 6.03 Å². The summed E-state index contributed by atoms with van der Waals surface area (Å²) >= 11 is 6.59. The van der Waals surface area contributed by atoms with Gasteiger partial charge in [-0.25, -0.2) is 23.1 Å². The number of anilines is 4. The summed E-state index contributed by atoms with van der Waals surface area (Å²) in [6.45, 7) is 4.87. The van der Waals surface area contributed by atoms with E-state index >= 15 is 8.78 Å². The minimum absolute atomic E-state index is 0.00961. The Kier molecular flexibility index (Phi) is 11.7. The number of imide groups is 1. The number of amides is 5. The fourth-order valence-corrected chi connectivity index (χ4v) is 11.8. The van der Waals surface area contributed by atoms with Crippen LogP contribution in [0.5, 0.6) is 0 Å². The summed E-state index contributed by atoms with van der Waals surface area (Å²) in [4.78, 5) is 63.3. The van der Waals surface area contributed by atoms with Gasteiger partial charge in [-0.15, -0.1) is 5.10 Å². The Labute approximate surface area is 387 Å². The van der Waals surface area contributed by atoms with Gasteiger partial charge in [-0.1, -0.05) is 23.7 Å². The van der Waals surface area contributed by atoms with Crippen molar-refractivity contribution in [2.75, 3.05) is 75.1 Å². The van der Waals surface area contributed by atoms with E-state index in [1.54, 1.807) is 37.7 Å². The van der Waals surface area contributed by atoms with Gasteiger partial charge in [0.15, 0.2) is 17.2 Å². The zero-order valence-electron chi connectivity index (χ0n) is 37.7. The van der Waals surface area contributed by atoms with Crippen molar-refractivity contribution < 1.29 is 32.7 Å². The van der Waals surface area contributed by atoms with Crippen LogP contribution >= 0.6 is 11.6 Å². The second kappa shape index (κ2) is 17.4. The van der Waals surface area contributed by atoms with E-state index in [2.05, 4.69) is 25.8 Å². The molecule has 1 spiro atoms.